The molecule has 0 aromatic rings. The number of likely N-dealkylation sites (tertiary alicyclic amines) is 1. The Labute approximate surface area is 208 Å². The number of hydrogen-bond donors (Lipinski definition) is 2. The van der Waals surface area contributed by atoms with Crippen LogP contribution < -0.4 is 5.48 Å². The van der Waals surface area contributed by atoms with Crippen LogP contribution in [-0.4, -0.2) is 74.4 Å². The molecule has 2 aliphatic rings. The smallest absolute Gasteiger partial charge is 0.0335 e. The van der Waals surface area contributed by atoms with E-state index in [1.54, 1.807) is 0 Å². The molecule has 173 valence electrons. The van der Waals surface area contributed by atoms with Crippen molar-refractivity contribution < 1.29 is 37.9 Å². The van der Waals surface area contributed by atoms with Crippen LogP contribution in [0, 0.1) is 17.8 Å². The van der Waals surface area contributed by atoms with E-state index in [1.807, 2.05) is 13.8 Å². The van der Waals surface area contributed by atoms with Crippen LogP contribution in [-0.2, 0) is 32.7 Å². The Kier molecular flexibility index (Phi) is 24.5. The van der Waals surface area contributed by atoms with Crippen molar-refractivity contribution in [3.05, 3.63) is 5.32 Å². The van der Waals surface area contributed by atoms with Gasteiger partial charge in [-0.15, -0.1) is 13.1 Å². The van der Waals surface area contributed by atoms with Gasteiger partial charge in [0, 0.05) is 45.8 Å². The van der Waals surface area contributed by atoms with Gasteiger partial charge < -0.3 is 20.3 Å². The standard InChI is InChI=1S/C14H31N3O.C7H14N.C2H6.Y/c1-13(2)14-5-10-17(11-6-14)9-4-8-16(3)12-7-15-18;1-2-7-3-5-8-6-4-7;1-2;/h13-15,18H,4-12H2,1-3H3;7H,2-6H2,1H3;1-2H3;/q;-1;;. The van der Waals surface area contributed by atoms with E-state index in [1.165, 1.54) is 58.2 Å². The van der Waals surface area contributed by atoms with Crippen LogP contribution in [0.25, 0.3) is 5.32 Å². The summed E-state index contributed by atoms with van der Waals surface area (Å²) in [5.41, 5.74) is 2.20. The Morgan fingerprint density at radius 1 is 1.07 bits per heavy atom. The van der Waals surface area contributed by atoms with Crippen molar-refractivity contribution in [2.24, 2.45) is 17.8 Å². The van der Waals surface area contributed by atoms with E-state index in [2.05, 4.69) is 48.4 Å². The zero-order chi connectivity index (χ0) is 21.2. The van der Waals surface area contributed by atoms with Crippen molar-refractivity contribution in [2.75, 3.05) is 59.4 Å². The zero-order valence-corrected chi connectivity index (χ0v) is 23.3. The average molecular weight is 489 g/mol. The van der Waals surface area contributed by atoms with Gasteiger partial charge in [0.25, 0.3) is 0 Å². The van der Waals surface area contributed by atoms with Gasteiger partial charge in [0.1, 0.15) is 0 Å². The van der Waals surface area contributed by atoms with Gasteiger partial charge in [-0.25, -0.2) is 5.48 Å². The van der Waals surface area contributed by atoms with Crippen LogP contribution in [0.1, 0.15) is 73.1 Å². The second-order valence-corrected chi connectivity index (χ2v) is 8.51. The van der Waals surface area contributed by atoms with Crippen LogP contribution >= 0.6 is 0 Å². The van der Waals surface area contributed by atoms with Gasteiger partial charge in [0.2, 0.25) is 0 Å². The summed E-state index contributed by atoms with van der Waals surface area (Å²) in [6, 6.07) is 0. The molecule has 29 heavy (non-hydrogen) atoms. The minimum absolute atomic E-state index is 0. The molecule has 2 fully saturated rings. The number of nitrogens with one attached hydrogen (secondary N) is 1. The van der Waals surface area contributed by atoms with E-state index < -0.39 is 0 Å². The molecule has 0 spiro atoms. The Hall–Kier alpha value is 0.904. The second-order valence-electron chi connectivity index (χ2n) is 8.51. The molecule has 6 heteroatoms. The molecule has 0 bridgehead atoms. The SMILES string of the molecule is CC.CC(C)C1CCN(CCCN(C)CCNO)CC1.CCC1CC[N-]CC1.[Y]. The number of likely N-dealkylation sites (N-methyl/N-ethyl adjacent to an activating group) is 1. The third-order valence-electron chi connectivity index (χ3n) is 6.16. The third kappa shape index (κ3) is 17.2. The molecule has 0 atom stereocenters. The van der Waals surface area contributed by atoms with E-state index in [9.17, 15) is 0 Å². The maximum Gasteiger partial charge on any atom is 0.0335 e. The predicted molar refractivity (Wildman–Crippen MR) is 123 cm³/mol. The summed E-state index contributed by atoms with van der Waals surface area (Å²) in [5.74, 6) is 2.79. The maximum absolute atomic E-state index is 8.53. The van der Waals surface area contributed by atoms with Gasteiger partial charge in [-0.2, -0.15) is 0 Å². The molecule has 2 rings (SSSR count). The fourth-order valence-electron chi connectivity index (χ4n) is 3.97. The van der Waals surface area contributed by atoms with E-state index in [-0.39, 0.29) is 32.7 Å². The first-order valence-electron chi connectivity index (χ1n) is 12.0. The first-order valence-corrected chi connectivity index (χ1v) is 12.0. The molecule has 1 radical (unpaired) electrons. The monoisotopic (exact) mass is 488 g/mol. The van der Waals surface area contributed by atoms with E-state index in [4.69, 9.17) is 5.21 Å². The molecule has 0 aromatic carbocycles. The number of hydrogen-bond acceptors (Lipinski definition) is 4. The first kappa shape index (κ1) is 32.1. The Balaban J connectivity index is 0. The van der Waals surface area contributed by atoms with Gasteiger partial charge in [0.15, 0.2) is 0 Å². The van der Waals surface area contributed by atoms with E-state index >= 15 is 0 Å². The van der Waals surface area contributed by atoms with Crippen LogP contribution in [0.15, 0.2) is 0 Å². The predicted octanol–water partition coefficient (Wildman–Crippen LogP) is 4.86. The van der Waals surface area contributed by atoms with Crippen LogP contribution in [0.2, 0.25) is 0 Å². The zero-order valence-electron chi connectivity index (χ0n) is 20.5. The molecular formula is C23H51N4OY-. The number of piperidine rings is 2. The van der Waals surface area contributed by atoms with Crippen LogP contribution in [0.3, 0.4) is 0 Å². The summed E-state index contributed by atoms with van der Waals surface area (Å²) < 4.78 is 0. The van der Waals surface area contributed by atoms with E-state index in [0.29, 0.717) is 6.54 Å². The van der Waals surface area contributed by atoms with Crippen molar-refractivity contribution in [3.63, 3.8) is 0 Å². The van der Waals surface area contributed by atoms with Gasteiger partial charge in [-0.05, 0) is 70.2 Å². The average Bonchev–Trinajstić information content (AvgIpc) is 2.75. The topological polar surface area (TPSA) is 52.8 Å². The second kappa shape index (κ2) is 22.1. The molecule has 0 unspecified atom stereocenters. The van der Waals surface area contributed by atoms with Crippen molar-refractivity contribution >= 4 is 0 Å². The summed E-state index contributed by atoms with van der Waals surface area (Å²) in [6.45, 7) is 19.7. The summed E-state index contributed by atoms with van der Waals surface area (Å²) in [6.07, 6.45) is 8.03. The molecule has 0 aliphatic carbocycles. The minimum Gasteiger partial charge on any atom is -0.662 e. The van der Waals surface area contributed by atoms with Crippen molar-refractivity contribution in [3.8, 4) is 0 Å². The molecule has 2 N–H and O–H groups in total. The summed E-state index contributed by atoms with van der Waals surface area (Å²) in [4.78, 5) is 4.88. The van der Waals surface area contributed by atoms with Gasteiger partial charge in [-0.1, -0.05) is 53.9 Å². The summed E-state index contributed by atoms with van der Waals surface area (Å²) >= 11 is 0. The molecule has 2 saturated heterocycles. The number of rotatable bonds is 9. The molecule has 5 nitrogen and oxygen atoms in total. The van der Waals surface area contributed by atoms with Crippen LogP contribution in [0.4, 0.5) is 0 Å². The van der Waals surface area contributed by atoms with E-state index in [0.717, 1.165) is 43.9 Å². The molecule has 0 aromatic heterocycles. The molecule has 0 amide bonds. The third-order valence-corrected chi connectivity index (χ3v) is 6.16. The Morgan fingerprint density at radius 3 is 2.10 bits per heavy atom. The summed E-state index contributed by atoms with van der Waals surface area (Å²) in [5, 5.41) is 12.8. The van der Waals surface area contributed by atoms with Crippen molar-refractivity contribution in [1.29, 1.82) is 0 Å². The van der Waals surface area contributed by atoms with Crippen molar-refractivity contribution in [2.45, 2.75) is 73.1 Å². The van der Waals surface area contributed by atoms with Gasteiger partial charge >= 0.3 is 0 Å². The maximum atomic E-state index is 8.53. The summed E-state index contributed by atoms with van der Waals surface area (Å²) in [7, 11) is 2.11. The fraction of sp³-hybridized carbons (Fsp3) is 1.00. The largest absolute Gasteiger partial charge is 0.662 e. The first-order chi connectivity index (χ1) is 13.6. The molecule has 0 saturated carbocycles. The minimum atomic E-state index is 0. The number of nitrogens with zero attached hydrogens (tertiary/aromatic N) is 3. The number of hydroxylamine groups is 1. The normalized spacial score (nSPS) is 18.5. The molecule has 2 aliphatic heterocycles. The van der Waals surface area contributed by atoms with Crippen LogP contribution in [0.5, 0.6) is 0 Å². The Morgan fingerprint density at radius 2 is 1.66 bits per heavy atom. The quantitative estimate of drug-likeness (QED) is 0.455. The van der Waals surface area contributed by atoms with Gasteiger partial charge in [0.05, 0.1) is 0 Å². The van der Waals surface area contributed by atoms with Crippen molar-refractivity contribution in [1.82, 2.24) is 15.3 Å². The Bertz CT molecular complexity index is 320. The molecule has 2 heterocycles. The molecular weight excluding hydrogens is 437 g/mol. The van der Waals surface area contributed by atoms with Gasteiger partial charge in [-0.3, -0.25) is 0 Å². The fourth-order valence-corrected chi connectivity index (χ4v) is 3.97.